The van der Waals surface area contributed by atoms with E-state index in [9.17, 15) is 0 Å². The van der Waals surface area contributed by atoms with Crippen molar-refractivity contribution in [2.24, 2.45) is 27.1 Å². The van der Waals surface area contributed by atoms with Gasteiger partial charge in [-0.1, -0.05) is 13.8 Å². The lowest BCUT2D eigenvalue weighted by Gasteiger charge is -2.01. The van der Waals surface area contributed by atoms with E-state index in [4.69, 9.17) is 5.73 Å². The van der Waals surface area contributed by atoms with Crippen molar-refractivity contribution in [3.05, 3.63) is 0 Å². The van der Waals surface area contributed by atoms with Crippen molar-refractivity contribution in [2.75, 3.05) is 7.05 Å². The summed E-state index contributed by atoms with van der Waals surface area (Å²) in [6.07, 6.45) is 1.85. The van der Waals surface area contributed by atoms with Gasteiger partial charge < -0.3 is 5.73 Å². The Kier molecular flexibility index (Phi) is 5.33. The molecular weight excluding hydrogens is 140 g/mol. The number of nitrogens with zero attached hydrogens (tertiary/aromatic N) is 3. The molecule has 0 aliphatic heterocycles. The Labute approximate surface area is 67.6 Å². The van der Waals surface area contributed by atoms with Crippen molar-refractivity contribution in [1.82, 2.24) is 0 Å². The molecule has 0 unspecified atom stereocenters. The predicted molar refractivity (Wildman–Crippen MR) is 46.5 cm³/mol. The monoisotopic (exact) mass is 156 g/mol. The second-order valence-electron chi connectivity index (χ2n) is 2.81. The van der Waals surface area contributed by atoms with E-state index in [1.807, 2.05) is 0 Å². The van der Waals surface area contributed by atoms with Crippen molar-refractivity contribution in [3.63, 3.8) is 0 Å². The summed E-state index contributed by atoms with van der Waals surface area (Å²) < 4.78 is 0. The second-order valence-corrected chi connectivity index (χ2v) is 2.81. The Morgan fingerprint density at radius 3 is 2.55 bits per heavy atom. The van der Waals surface area contributed by atoms with Gasteiger partial charge in [0.15, 0.2) is 0 Å². The molecule has 2 N–H and O–H groups in total. The van der Waals surface area contributed by atoms with E-state index in [0.29, 0.717) is 11.8 Å². The minimum atomic E-state index is 0.560. The van der Waals surface area contributed by atoms with Crippen LogP contribution in [0, 0.1) is 5.92 Å². The van der Waals surface area contributed by atoms with Gasteiger partial charge in [-0.2, -0.15) is 5.11 Å². The molecule has 0 atom stereocenters. The topological polar surface area (TPSA) is 63.1 Å². The summed E-state index contributed by atoms with van der Waals surface area (Å²) in [6, 6.07) is 0. The Morgan fingerprint density at radius 2 is 2.09 bits per heavy atom. The molecule has 4 nitrogen and oxygen atoms in total. The van der Waals surface area contributed by atoms with Crippen LogP contribution in [0.4, 0.5) is 0 Å². The highest BCUT2D eigenvalue weighted by atomic mass is 15.4. The van der Waals surface area contributed by atoms with Crippen LogP contribution in [-0.4, -0.2) is 12.9 Å². The Hall–Kier alpha value is -0.930. The SMILES string of the molecule is CN=N/N=C(\N)CCC(C)C. The largest absolute Gasteiger partial charge is 0.386 e. The van der Waals surface area contributed by atoms with E-state index in [2.05, 4.69) is 29.3 Å². The molecule has 0 aliphatic carbocycles. The number of amidine groups is 1. The molecule has 0 aromatic carbocycles. The summed E-state index contributed by atoms with van der Waals surface area (Å²) >= 11 is 0. The van der Waals surface area contributed by atoms with Gasteiger partial charge in [-0.25, -0.2) is 0 Å². The molecule has 0 saturated heterocycles. The Balaban J connectivity index is 3.59. The number of nitrogens with two attached hydrogens (primary N) is 1. The summed E-state index contributed by atoms with van der Waals surface area (Å²) in [4.78, 5) is 0. The van der Waals surface area contributed by atoms with Crippen LogP contribution in [0.25, 0.3) is 0 Å². The molecule has 11 heavy (non-hydrogen) atoms. The summed E-state index contributed by atoms with van der Waals surface area (Å²) in [5.74, 6) is 1.21. The molecule has 0 saturated carbocycles. The van der Waals surface area contributed by atoms with Crippen LogP contribution in [0.1, 0.15) is 26.7 Å². The van der Waals surface area contributed by atoms with E-state index < -0.39 is 0 Å². The highest BCUT2D eigenvalue weighted by Gasteiger charge is 1.96. The van der Waals surface area contributed by atoms with Crippen molar-refractivity contribution >= 4 is 5.84 Å². The maximum atomic E-state index is 5.50. The van der Waals surface area contributed by atoms with E-state index in [1.165, 1.54) is 0 Å². The minimum Gasteiger partial charge on any atom is -0.386 e. The molecule has 0 aromatic rings. The van der Waals surface area contributed by atoms with Gasteiger partial charge in [0.1, 0.15) is 5.84 Å². The maximum absolute atomic E-state index is 5.50. The Morgan fingerprint density at radius 1 is 1.45 bits per heavy atom. The molecule has 0 rings (SSSR count). The van der Waals surface area contributed by atoms with Crippen LogP contribution in [0.2, 0.25) is 0 Å². The molecule has 0 amide bonds. The molecule has 0 aliphatic rings. The normalized spacial score (nSPS) is 13.3. The number of hydrogen-bond acceptors (Lipinski definition) is 2. The average molecular weight is 156 g/mol. The second kappa shape index (κ2) is 5.82. The highest BCUT2D eigenvalue weighted by molar-refractivity contribution is 5.79. The molecule has 0 fully saturated rings. The van der Waals surface area contributed by atoms with Gasteiger partial charge in [-0.15, -0.1) is 5.10 Å². The molecule has 0 heterocycles. The van der Waals surface area contributed by atoms with E-state index >= 15 is 0 Å². The first-order valence-corrected chi connectivity index (χ1v) is 3.78. The van der Waals surface area contributed by atoms with Gasteiger partial charge in [0, 0.05) is 6.42 Å². The zero-order chi connectivity index (χ0) is 8.69. The molecule has 0 spiro atoms. The molecule has 0 bridgehead atoms. The minimum absolute atomic E-state index is 0.560. The first kappa shape index (κ1) is 10.1. The summed E-state index contributed by atoms with van der Waals surface area (Å²) in [5, 5.41) is 10.6. The van der Waals surface area contributed by atoms with Crippen molar-refractivity contribution in [3.8, 4) is 0 Å². The van der Waals surface area contributed by atoms with Gasteiger partial charge >= 0.3 is 0 Å². The molecular formula is C7H16N4. The van der Waals surface area contributed by atoms with Crippen LogP contribution >= 0.6 is 0 Å². The van der Waals surface area contributed by atoms with Gasteiger partial charge in [0.25, 0.3) is 0 Å². The number of hydrogen-bond donors (Lipinski definition) is 1. The van der Waals surface area contributed by atoms with E-state index in [-0.39, 0.29) is 0 Å². The quantitative estimate of drug-likeness (QED) is 0.287. The average Bonchev–Trinajstić information content (AvgIpc) is 1.97. The highest BCUT2D eigenvalue weighted by Crippen LogP contribution is 2.02. The Bertz CT molecular complexity index is 149. The third kappa shape index (κ3) is 6.96. The number of rotatable bonds is 4. The van der Waals surface area contributed by atoms with Crippen LogP contribution in [0.15, 0.2) is 15.4 Å². The van der Waals surface area contributed by atoms with Crippen LogP contribution < -0.4 is 5.73 Å². The van der Waals surface area contributed by atoms with Gasteiger partial charge in [0.2, 0.25) is 0 Å². The van der Waals surface area contributed by atoms with Crippen molar-refractivity contribution < 1.29 is 0 Å². The van der Waals surface area contributed by atoms with E-state index in [1.54, 1.807) is 7.05 Å². The molecule has 64 valence electrons. The zero-order valence-corrected chi connectivity index (χ0v) is 7.41. The first-order chi connectivity index (χ1) is 5.16. The van der Waals surface area contributed by atoms with Gasteiger partial charge in [0.05, 0.1) is 7.05 Å². The third-order valence-corrected chi connectivity index (χ3v) is 1.24. The molecule has 0 aromatic heterocycles. The van der Waals surface area contributed by atoms with Crippen LogP contribution in [0.5, 0.6) is 0 Å². The molecule has 4 heteroatoms. The summed E-state index contributed by atoms with van der Waals surface area (Å²) in [7, 11) is 1.57. The lowest BCUT2D eigenvalue weighted by atomic mass is 10.1. The van der Waals surface area contributed by atoms with Crippen LogP contribution in [-0.2, 0) is 0 Å². The lowest BCUT2D eigenvalue weighted by Crippen LogP contribution is -2.11. The third-order valence-electron chi connectivity index (χ3n) is 1.24. The summed E-state index contributed by atoms with van der Waals surface area (Å²) in [6.45, 7) is 4.29. The smallest absolute Gasteiger partial charge is 0.124 e. The van der Waals surface area contributed by atoms with Gasteiger partial charge in [-0.3, -0.25) is 0 Å². The van der Waals surface area contributed by atoms with E-state index in [0.717, 1.165) is 12.8 Å². The fraction of sp³-hybridized carbons (Fsp3) is 0.857. The van der Waals surface area contributed by atoms with Gasteiger partial charge in [-0.05, 0) is 17.6 Å². The fourth-order valence-corrected chi connectivity index (χ4v) is 0.589. The maximum Gasteiger partial charge on any atom is 0.124 e. The zero-order valence-electron chi connectivity index (χ0n) is 7.41. The first-order valence-electron chi connectivity index (χ1n) is 3.78. The standard InChI is InChI=1S/C7H16N4/c1-6(2)4-5-7(8)10-11-9-3/h6H,4-5H2,1-3H3,(H2,8,9,10). The van der Waals surface area contributed by atoms with Crippen LogP contribution in [0.3, 0.4) is 0 Å². The predicted octanol–water partition coefficient (Wildman–Crippen LogP) is 1.78. The summed E-state index contributed by atoms with van der Waals surface area (Å²) in [5.41, 5.74) is 5.50. The van der Waals surface area contributed by atoms with Crippen molar-refractivity contribution in [2.45, 2.75) is 26.7 Å². The van der Waals surface area contributed by atoms with Crippen molar-refractivity contribution in [1.29, 1.82) is 0 Å². The lowest BCUT2D eigenvalue weighted by molar-refractivity contribution is 0.601. The molecule has 0 radical (unpaired) electrons. The fourth-order valence-electron chi connectivity index (χ4n) is 0.589.